The van der Waals surface area contributed by atoms with Crippen LogP contribution < -0.4 is 15.5 Å². The first-order chi connectivity index (χ1) is 16.6. The smallest absolute Gasteiger partial charge is 0.273 e. The SMILES string of the molecule is Cc1ccccc1NC(=O)COc1ccc(/C=N\NC(=O)c2ccccc2-n2cccc2)cc1. The fourth-order valence-electron chi connectivity index (χ4n) is 3.31. The molecule has 34 heavy (non-hydrogen) atoms. The largest absolute Gasteiger partial charge is 0.484 e. The maximum absolute atomic E-state index is 12.6. The molecule has 4 aromatic rings. The summed E-state index contributed by atoms with van der Waals surface area (Å²) in [7, 11) is 0. The van der Waals surface area contributed by atoms with Crippen molar-refractivity contribution in [3.8, 4) is 11.4 Å². The van der Waals surface area contributed by atoms with Gasteiger partial charge in [0.1, 0.15) is 5.75 Å². The van der Waals surface area contributed by atoms with E-state index in [9.17, 15) is 9.59 Å². The van der Waals surface area contributed by atoms with E-state index >= 15 is 0 Å². The lowest BCUT2D eigenvalue weighted by molar-refractivity contribution is -0.118. The maximum atomic E-state index is 12.6. The number of aromatic nitrogens is 1. The Labute approximate surface area is 197 Å². The van der Waals surface area contributed by atoms with Crippen LogP contribution >= 0.6 is 0 Å². The number of hydrazone groups is 1. The van der Waals surface area contributed by atoms with Crippen LogP contribution in [0.2, 0.25) is 0 Å². The molecule has 0 aliphatic heterocycles. The lowest BCUT2D eigenvalue weighted by Crippen LogP contribution is -2.20. The van der Waals surface area contributed by atoms with Gasteiger partial charge in [0, 0.05) is 18.1 Å². The van der Waals surface area contributed by atoms with Crippen molar-refractivity contribution >= 4 is 23.7 Å². The van der Waals surface area contributed by atoms with Gasteiger partial charge >= 0.3 is 0 Å². The molecule has 0 fully saturated rings. The summed E-state index contributed by atoms with van der Waals surface area (Å²) in [5, 5.41) is 6.89. The van der Waals surface area contributed by atoms with Gasteiger partial charge in [-0.2, -0.15) is 5.10 Å². The van der Waals surface area contributed by atoms with Crippen LogP contribution in [0.3, 0.4) is 0 Å². The first-order valence-electron chi connectivity index (χ1n) is 10.7. The normalized spacial score (nSPS) is 10.7. The molecule has 0 aliphatic rings. The molecule has 7 heteroatoms. The second-order valence-electron chi connectivity index (χ2n) is 7.53. The Morgan fingerprint density at radius 3 is 2.38 bits per heavy atom. The van der Waals surface area contributed by atoms with Crippen LogP contribution in [-0.2, 0) is 4.79 Å². The molecule has 4 rings (SSSR count). The Morgan fingerprint density at radius 1 is 0.912 bits per heavy atom. The average molecular weight is 453 g/mol. The van der Waals surface area contributed by atoms with E-state index in [4.69, 9.17) is 4.74 Å². The van der Waals surface area contributed by atoms with Gasteiger partial charge in [0.05, 0.1) is 17.5 Å². The van der Waals surface area contributed by atoms with E-state index in [1.54, 1.807) is 36.5 Å². The molecule has 1 aromatic heterocycles. The molecule has 2 N–H and O–H groups in total. The summed E-state index contributed by atoms with van der Waals surface area (Å²) in [4.78, 5) is 24.7. The summed E-state index contributed by atoms with van der Waals surface area (Å²) in [6.07, 6.45) is 5.31. The highest BCUT2D eigenvalue weighted by Crippen LogP contribution is 2.16. The Morgan fingerprint density at radius 2 is 1.62 bits per heavy atom. The molecule has 0 saturated carbocycles. The van der Waals surface area contributed by atoms with Crippen molar-refractivity contribution in [1.82, 2.24) is 9.99 Å². The number of hydrogen-bond acceptors (Lipinski definition) is 4. The third-order valence-electron chi connectivity index (χ3n) is 5.08. The molecule has 7 nitrogen and oxygen atoms in total. The van der Waals surface area contributed by atoms with E-state index in [-0.39, 0.29) is 18.4 Å². The molecule has 1 heterocycles. The van der Waals surface area contributed by atoms with Crippen molar-refractivity contribution in [3.63, 3.8) is 0 Å². The summed E-state index contributed by atoms with van der Waals surface area (Å²) in [6, 6.07) is 25.7. The average Bonchev–Trinajstić information content (AvgIpc) is 3.40. The van der Waals surface area contributed by atoms with Gasteiger partial charge in [-0.15, -0.1) is 0 Å². The number of rotatable bonds is 8. The van der Waals surface area contributed by atoms with Crippen LogP contribution in [0.15, 0.2) is 102 Å². The summed E-state index contributed by atoms with van der Waals surface area (Å²) in [5.41, 5.74) is 6.38. The zero-order valence-electron chi connectivity index (χ0n) is 18.6. The van der Waals surface area contributed by atoms with E-state index in [0.717, 1.165) is 22.5 Å². The van der Waals surface area contributed by atoms with Crippen LogP contribution in [0.5, 0.6) is 5.75 Å². The van der Waals surface area contributed by atoms with Crippen LogP contribution in [0, 0.1) is 6.92 Å². The number of hydrogen-bond donors (Lipinski definition) is 2. The second-order valence-corrected chi connectivity index (χ2v) is 7.53. The van der Waals surface area contributed by atoms with E-state index < -0.39 is 0 Å². The van der Waals surface area contributed by atoms with Crippen molar-refractivity contribution in [1.29, 1.82) is 0 Å². The minimum absolute atomic E-state index is 0.0986. The Bertz CT molecular complexity index is 1300. The molecule has 0 aliphatic carbocycles. The summed E-state index contributed by atoms with van der Waals surface area (Å²) in [5.74, 6) is 0.0183. The standard InChI is InChI=1S/C27H24N4O3/c1-20-8-2-4-10-24(20)29-26(32)19-34-22-14-12-21(13-15-22)18-28-30-27(33)23-9-3-5-11-25(23)31-16-6-7-17-31/h2-18H,19H2,1H3,(H,29,32)(H,30,33)/b28-18-. The number of anilines is 1. The zero-order chi connectivity index (χ0) is 23.8. The molecule has 170 valence electrons. The number of nitrogens with one attached hydrogen (secondary N) is 2. The Balaban J connectivity index is 1.29. The van der Waals surface area contributed by atoms with Gasteiger partial charge in [0.25, 0.3) is 11.8 Å². The Kier molecular flexibility index (Phi) is 7.15. The third-order valence-corrected chi connectivity index (χ3v) is 5.08. The van der Waals surface area contributed by atoms with E-state index in [0.29, 0.717) is 11.3 Å². The molecule has 0 spiro atoms. The number of aryl methyl sites for hydroxylation is 1. The Hall–Kier alpha value is -4.65. The molecule has 3 aromatic carbocycles. The van der Waals surface area contributed by atoms with Crippen LogP contribution in [0.25, 0.3) is 5.69 Å². The first kappa shape index (κ1) is 22.5. The lowest BCUT2D eigenvalue weighted by atomic mass is 10.1. The van der Waals surface area contributed by atoms with Gasteiger partial charge in [0.2, 0.25) is 0 Å². The maximum Gasteiger partial charge on any atom is 0.273 e. The summed E-state index contributed by atoms with van der Waals surface area (Å²) < 4.78 is 7.43. The number of amides is 2. The first-order valence-corrected chi connectivity index (χ1v) is 10.7. The number of ether oxygens (including phenoxy) is 1. The van der Waals surface area contributed by atoms with Crippen molar-refractivity contribution in [2.75, 3.05) is 11.9 Å². The van der Waals surface area contributed by atoms with E-state index in [2.05, 4.69) is 15.8 Å². The van der Waals surface area contributed by atoms with Gasteiger partial charge in [-0.05, 0) is 72.6 Å². The molecule has 2 amide bonds. The highest BCUT2D eigenvalue weighted by molar-refractivity contribution is 5.98. The number of carbonyl (C=O) groups excluding carboxylic acids is 2. The van der Waals surface area contributed by atoms with Gasteiger partial charge in [-0.3, -0.25) is 9.59 Å². The summed E-state index contributed by atoms with van der Waals surface area (Å²) >= 11 is 0. The van der Waals surface area contributed by atoms with Gasteiger partial charge < -0.3 is 14.6 Å². The van der Waals surface area contributed by atoms with Crippen molar-refractivity contribution < 1.29 is 14.3 Å². The molecule has 0 bridgehead atoms. The fraction of sp³-hybridized carbons (Fsp3) is 0.0741. The quantitative estimate of drug-likeness (QED) is 0.303. The van der Waals surface area contributed by atoms with Crippen LogP contribution in [0.1, 0.15) is 21.5 Å². The van der Waals surface area contributed by atoms with E-state index in [1.165, 1.54) is 0 Å². The number of nitrogens with zero attached hydrogens (tertiary/aromatic N) is 2. The van der Waals surface area contributed by atoms with E-state index in [1.807, 2.05) is 78.5 Å². The lowest BCUT2D eigenvalue weighted by Gasteiger charge is -2.09. The van der Waals surface area contributed by atoms with Crippen LogP contribution in [-0.4, -0.2) is 29.2 Å². The molecule has 0 atom stereocenters. The van der Waals surface area contributed by atoms with Gasteiger partial charge in [-0.1, -0.05) is 30.3 Å². The molecular weight excluding hydrogens is 428 g/mol. The van der Waals surface area contributed by atoms with Gasteiger partial charge in [-0.25, -0.2) is 5.43 Å². The minimum atomic E-state index is -0.305. The molecule has 0 radical (unpaired) electrons. The minimum Gasteiger partial charge on any atom is -0.484 e. The van der Waals surface area contributed by atoms with Crippen molar-refractivity contribution in [2.24, 2.45) is 5.10 Å². The number of benzene rings is 3. The topological polar surface area (TPSA) is 84.7 Å². The molecular formula is C27H24N4O3. The highest BCUT2D eigenvalue weighted by atomic mass is 16.5. The predicted octanol–water partition coefficient (Wildman–Crippen LogP) is 4.57. The second kappa shape index (κ2) is 10.8. The fourth-order valence-corrected chi connectivity index (χ4v) is 3.31. The van der Waals surface area contributed by atoms with Gasteiger partial charge in [0.15, 0.2) is 6.61 Å². The predicted molar refractivity (Wildman–Crippen MR) is 133 cm³/mol. The number of para-hydroxylation sites is 2. The third kappa shape index (κ3) is 5.77. The zero-order valence-corrected chi connectivity index (χ0v) is 18.6. The summed E-state index contributed by atoms with van der Waals surface area (Å²) in [6.45, 7) is 1.83. The molecule has 0 saturated heterocycles. The van der Waals surface area contributed by atoms with Crippen LogP contribution in [0.4, 0.5) is 5.69 Å². The monoisotopic (exact) mass is 452 g/mol. The highest BCUT2D eigenvalue weighted by Gasteiger charge is 2.11. The van der Waals surface area contributed by atoms with Crippen molar-refractivity contribution in [2.45, 2.75) is 6.92 Å². The number of carbonyl (C=O) groups is 2. The van der Waals surface area contributed by atoms with Crippen molar-refractivity contribution in [3.05, 3.63) is 114 Å². The molecule has 0 unspecified atom stereocenters.